The van der Waals surface area contributed by atoms with E-state index < -0.39 is 6.04 Å². The standard InChI is InChI=1S/C13H22N2O/c1-2-6-12(14)13(16)15-10-9-11-7-4-3-5-8-11/h2,7,12H,1,3-6,8-10,14H2,(H,15,16). The van der Waals surface area contributed by atoms with E-state index in [0.29, 0.717) is 13.0 Å². The van der Waals surface area contributed by atoms with Crippen molar-refractivity contribution in [3.8, 4) is 0 Å². The zero-order chi connectivity index (χ0) is 11.8. The van der Waals surface area contributed by atoms with Crippen LogP contribution in [0.4, 0.5) is 0 Å². The van der Waals surface area contributed by atoms with E-state index >= 15 is 0 Å². The molecule has 1 rings (SSSR count). The van der Waals surface area contributed by atoms with Crippen molar-refractivity contribution in [2.24, 2.45) is 5.73 Å². The maximum atomic E-state index is 11.5. The molecule has 3 nitrogen and oxygen atoms in total. The predicted octanol–water partition coefficient (Wildman–Crippen LogP) is 1.90. The summed E-state index contributed by atoms with van der Waals surface area (Å²) in [5, 5.41) is 2.86. The molecule has 90 valence electrons. The fourth-order valence-electron chi connectivity index (χ4n) is 1.90. The molecule has 1 aliphatic rings. The Morgan fingerprint density at radius 3 is 3.06 bits per heavy atom. The Kier molecular flexibility index (Phi) is 5.86. The lowest BCUT2D eigenvalue weighted by molar-refractivity contribution is -0.122. The molecular formula is C13H22N2O. The van der Waals surface area contributed by atoms with E-state index in [9.17, 15) is 4.79 Å². The molecule has 0 aromatic heterocycles. The van der Waals surface area contributed by atoms with E-state index in [2.05, 4.69) is 18.0 Å². The quantitative estimate of drug-likeness (QED) is 0.674. The average Bonchev–Trinajstić information content (AvgIpc) is 2.30. The van der Waals surface area contributed by atoms with E-state index in [4.69, 9.17) is 5.73 Å². The molecule has 0 aromatic carbocycles. The van der Waals surface area contributed by atoms with Crippen molar-refractivity contribution in [3.63, 3.8) is 0 Å². The molecule has 0 radical (unpaired) electrons. The van der Waals surface area contributed by atoms with Crippen molar-refractivity contribution in [3.05, 3.63) is 24.3 Å². The molecule has 1 atom stereocenters. The Morgan fingerprint density at radius 2 is 2.44 bits per heavy atom. The molecule has 0 saturated carbocycles. The van der Waals surface area contributed by atoms with E-state index in [1.54, 1.807) is 6.08 Å². The van der Waals surface area contributed by atoms with Gasteiger partial charge in [0.05, 0.1) is 6.04 Å². The van der Waals surface area contributed by atoms with Gasteiger partial charge in [-0.1, -0.05) is 17.7 Å². The molecule has 0 spiro atoms. The number of rotatable bonds is 6. The summed E-state index contributed by atoms with van der Waals surface area (Å²) in [7, 11) is 0. The Morgan fingerprint density at radius 1 is 1.62 bits per heavy atom. The van der Waals surface area contributed by atoms with Crippen LogP contribution in [0.15, 0.2) is 24.3 Å². The summed E-state index contributed by atoms with van der Waals surface area (Å²) >= 11 is 0. The van der Waals surface area contributed by atoms with Crippen LogP contribution in [0.25, 0.3) is 0 Å². The lowest BCUT2D eigenvalue weighted by Gasteiger charge is -2.14. The van der Waals surface area contributed by atoms with Gasteiger partial charge in [0.2, 0.25) is 5.91 Å². The highest BCUT2D eigenvalue weighted by atomic mass is 16.2. The van der Waals surface area contributed by atoms with Crippen molar-refractivity contribution in [1.82, 2.24) is 5.32 Å². The van der Waals surface area contributed by atoms with Gasteiger partial charge in [-0.15, -0.1) is 6.58 Å². The van der Waals surface area contributed by atoms with Crippen LogP contribution in [0.2, 0.25) is 0 Å². The van der Waals surface area contributed by atoms with Gasteiger partial charge in [-0.3, -0.25) is 4.79 Å². The summed E-state index contributed by atoms with van der Waals surface area (Å²) < 4.78 is 0. The van der Waals surface area contributed by atoms with Crippen LogP contribution >= 0.6 is 0 Å². The highest BCUT2D eigenvalue weighted by molar-refractivity contribution is 5.81. The zero-order valence-corrected chi connectivity index (χ0v) is 9.87. The number of carbonyl (C=O) groups excluding carboxylic acids is 1. The molecule has 1 amide bonds. The molecule has 1 aliphatic carbocycles. The van der Waals surface area contributed by atoms with Crippen LogP contribution in [0.3, 0.4) is 0 Å². The number of carbonyl (C=O) groups is 1. The number of allylic oxidation sites excluding steroid dienone is 1. The van der Waals surface area contributed by atoms with Gasteiger partial charge in [-0.05, 0) is 38.5 Å². The lowest BCUT2D eigenvalue weighted by atomic mass is 9.97. The monoisotopic (exact) mass is 222 g/mol. The predicted molar refractivity (Wildman–Crippen MR) is 67.0 cm³/mol. The molecule has 16 heavy (non-hydrogen) atoms. The van der Waals surface area contributed by atoms with Crippen LogP contribution in [-0.2, 0) is 4.79 Å². The fraction of sp³-hybridized carbons (Fsp3) is 0.615. The van der Waals surface area contributed by atoms with Crippen LogP contribution in [-0.4, -0.2) is 18.5 Å². The zero-order valence-electron chi connectivity index (χ0n) is 9.87. The number of nitrogens with two attached hydrogens (primary N) is 1. The second-order valence-corrected chi connectivity index (χ2v) is 4.28. The first-order valence-corrected chi connectivity index (χ1v) is 6.06. The van der Waals surface area contributed by atoms with Crippen molar-refractivity contribution >= 4 is 5.91 Å². The molecule has 0 saturated heterocycles. The first kappa shape index (κ1) is 13.0. The lowest BCUT2D eigenvalue weighted by Crippen LogP contribution is -2.40. The summed E-state index contributed by atoms with van der Waals surface area (Å²) in [6.07, 6.45) is 10.5. The van der Waals surface area contributed by atoms with Crippen molar-refractivity contribution in [2.75, 3.05) is 6.54 Å². The van der Waals surface area contributed by atoms with E-state index in [0.717, 1.165) is 6.42 Å². The molecule has 0 aromatic rings. The second-order valence-electron chi connectivity index (χ2n) is 4.28. The van der Waals surface area contributed by atoms with Gasteiger partial charge in [0.15, 0.2) is 0 Å². The van der Waals surface area contributed by atoms with Gasteiger partial charge >= 0.3 is 0 Å². The summed E-state index contributed by atoms with van der Waals surface area (Å²) in [6.45, 7) is 4.27. The molecular weight excluding hydrogens is 200 g/mol. The Labute approximate surface area is 97.8 Å². The molecule has 3 N–H and O–H groups in total. The highest BCUT2D eigenvalue weighted by Crippen LogP contribution is 2.19. The minimum Gasteiger partial charge on any atom is -0.354 e. The summed E-state index contributed by atoms with van der Waals surface area (Å²) in [6, 6.07) is -0.446. The first-order valence-electron chi connectivity index (χ1n) is 6.06. The first-order chi connectivity index (χ1) is 7.74. The summed E-state index contributed by atoms with van der Waals surface area (Å²) in [5.74, 6) is -0.0729. The van der Waals surface area contributed by atoms with E-state index in [1.807, 2.05) is 0 Å². The summed E-state index contributed by atoms with van der Waals surface area (Å²) in [4.78, 5) is 11.5. The minimum absolute atomic E-state index is 0.0729. The molecule has 0 fully saturated rings. The SMILES string of the molecule is C=CCC(N)C(=O)NCCC1=CCCCC1. The Balaban J connectivity index is 2.16. The van der Waals surface area contributed by atoms with Crippen molar-refractivity contribution < 1.29 is 4.79 Å². The molecule has 0 bridgehead atoms. The Bertz CT molecular complexity index is 271. The minimum atomic E-state index is -0.446. The van der Waals surface area contributed by atoms with Crippen molar-refractivity contribution in [2.45, 2.75) is 44.6 Å². The van der Waals surface area contributed by atoms with Gasteiger partial charge in [0, 0.05) is 6.54 Å². The van der Waals surface area contributed by atoms with Gasteiger partial charge in [0.25, 0.3) is 0 Å². The molecule has 0 heterocycles. The van der Waals surface area contributed by atoms with Crippen molar-refractivity contribution in [1.29, 1.82) is 0 Å². The van der Waals surface area contributed by atoms with Crippen LogP contribution in [0, 0.1) is 0 Å². The summed E-state index contributed by atoms with van der Waals surface area (Å²) in [5.41, 5.74) is 7.12. The third-order valence-corrected chi connectivity index (χ3v) is 2.89. The number of nitrogens with one attached hydrogen (secondary N) is 1. The molecule has 0 aliphatic heterocycles. The van der Waals surface area contributed by atoms with E-state index in [-0.39, 0.29) is 5.91 Å². The highest BCUT2D eigenvalue weighted by Gasteiger charge is 2.11. The largest absolute Gasteiger partial charge is 0.354 e. The van der Waals surface area contributed by atoms with Crippen LogP contribution in [0.5, 0.6) is 0 Å². The maximum Gasteiger partial charge on any atom is 0.237 e. The molecule has 1 unspecified atom stereocenters. The second kappa shape index (κ2) is 7.23. The smallest absolute Gasteiger partial charge is 0.237 e. The van der Waals surface area contributed by atoms with Crippen LogP contribution < -0.4 is 11.1 Å². The number of hydrogen-bond donors (Lipinski definition) is 2. The normalized spacial score (nSPS) is 17.4. The average molecular weight is 222 g/mol. The van der Waals surface area contributed by atoms with Gasteiger partial charge < -0.3 is 11.1 Å². The Hall–Kier alpha value is -1.09. The van der Waals surface area contributed by atoms with Gasteiger partial charge in [-0.2, -0.15) is 0 Å². The molecule has 3 heteroatoms. The topological polar surface area (TPSA) is 55.1 Å². The van der Waals surface area contributed by atoms with E-state index in [1.165, 1.54) is 31.3 Å². The van der Waals surface area contributed by atoms with Crippen LogP contribution in [0.1, 0.15) is 38.5 Å². The number of hydrogen-bond acceptors (Lipinski definition) is 2. The fourth-order valence-corrected chi connectivity index (χ4v) is 1.90. The third kappa shape index (κ3) is 4.62. The third-order valence-electron chi connectivity index (χ3n) is 2.89. The number of amides is 1. The van der Waals surface area contributed by atoms with Gasteiger partial charge in [-0.25, -0.2) is 0 Å². The van der Waals surface area contributed by atoms with Gasteiger partial charge in [0.1, 0.15) is 0 Å². The maximum absolute atomic E-state index is 11.5.